The third kappa shape index (κ3) is 1.66. The molecule has 2 bridgehead atoms. The minimum Gasteiger partial charge on any atom is -0.506 e. The molecule has 21 heavy (non-hydrogen) atoms. The zero-order valence-electron chi connectivity index (χ0n) is 10.9. The fourth-order valence-electron chi connectivity index (χ4n) is 4.24. The van der Waals surface area contributed by atoms with E-state index < -0.39 is 0 Å². The van der Waals surface area contributed by atoms with Gasteiger partial charge in [0, 0.05) is 9.65 Å². The Labute approximate surface area is 138 Å². The van der Waals surface area contributed by atoms with E-state index in [2.05, 4.69) is 31.9 Å². The molecule has 0 unspecified atom stereocenters. The summed E-state index contributed by atoms with van der Waals surface area (Å²) in [5.41, 5.74) is 0.304. The van der Waals surface area contributed by atoms with Crippen LogP contribution in [-0.2, 0) is 9.59 Å². The quantitative estimate of drug-likeness (QED) is 0.567. The number of hydrogen-bond acceptors (Lipinski definition) is 3. The summed E-state index contributed by atoms with van der Waals surface area (Å²) < 4.78 is 0. The van der Waals surface area contributed by atoms with E-state index in [4.69, 9.17) is 0 Å². The summed E-state index contributed by atoms with van der Waals surface area (Å²) >= 11 is 7.31. The number of phenols is 1. The van der Waals surface area contributed by atoms with Crippen molar-refractivity contribution >= 4 is 49.4 Å². The summed E-state index contributed by atoms with van der Waals surface area (Å²) in [6, 6.07) is 6.51. The van der Waals surface area contributed by atoms with Gasteiger partial charge < -0.3 is 5.11 Å². The molecule has 3 fully saturated rings. The summed E-state index contributed by atoms with van der Waals surface area (Å²) in [7, 11) is 0. The third-order valence-electron chi connectivity index (χ3n) is 5.11. The molecule has 2 aliphatic carbocycles. The van der Waals surface area contributed by atoms with E-state index in [9.17, 15) is 14.7 Å². The monoisotopic (exact) mass is 413 g/mol. The van der Waals surface area contributed by atoms with Gasteiger partial charge in [-0.1, -0.05) is 44.0 Å². The summed E-state index contributed by atoms with van der Waals surface area (Å²) in [6.45, 7) is 0. The Hall–Kier alpha value is -0.880. The van der Waals surface area contributed by atoms with E-state index in [1.165, 1.54) is 11.0 Å². The Morgan fingerprint density at radius 2 is 1.52 bits per heavy atom. The van der Waals surface area contributed by atoms with Gasteiger partial charge in [-0.3, -0.25) is 9.59 Å². The van der Waals surface area contributed by atoms with Gasteiger partial charge in [0.15, 0.2) is 0 Å². The maximum Gasteiger partial charge on any atom is 0.238 e. The zero-order chi connectivity index (χ0) is 14.9. The lowest BCUT2D eigenvalue weighted by atomic mass is 9.81. The van der Waals surface area contributed by atoms with Gasteiger partial charge in [-0.15, -0.1) is 0 Å². The molecule has 110 valence electrons. The Morgan fingerprint density at radius 3 is 2.05 bits per heavy atom. The van der Waals surface area contributed by atoms with Crippen molar-refractivity contribution in [2.24, 2.45) is 23.7 Å². The molecule has 6 atom stereocenters. The SMILES string of the molecule is O=C1[C@@H]2[C@@H]3C[C@@H]([C@@H](Br)[C@H]3Br)[C@@H]2C(=O)N1c1ccccc1O. The molecule has 3 aliphatic rings. The molecule has 1 heterocycles. The van der Waals surface area contributed by atoms with Crippen molar-refractivity contribution < 1.29 is 14.7 Å². The first kappa shape index (κ1) is 13.8. The van der Waals surface area contributed by atoms with E-state index >= 15 is 0 Å². The zero-order valence-corrected chi connectivity index (χ0v) is 14.1. The summed E-state index contributed by atoms with van der Waals surface area (Å²) in [6.07, 6.45) is 0.910. The number of rotatable bonds is 1. The predicted molar refractivity (Wildman–Crippen MR) is 84.6 cm³/mol. The van der Waals surface area contributed by atoms with Crippen molar-refractivity contribution in [1.29, 1.82) is 0 Å². The van der Waals surface area contributed by atoms with Gasteiger partial charge in [0.05, 0.1) is 17.5 Å². The van der Waals surface area contributed by atoms with Crippen LogP contribution < -0.4 is 4.90 Å². The number of alkyl halides is 2. The number of nitrogens with zero attached hydrogens (tertiary/aromatic N) is 1. The van der Waals surface area contributed by atoms with Gasteiger partial charge >= 0.3 is 0 Å². The minimum absolute atomic E-state index is 0.0303. The van der Waals surface area contributed by atoms with Gasteiger partial charge in [-0.25, -0.2) is 4.90 Å². The molecule has 2 amide bonds. The smallest absolute Gasteiger partial charge is 0.238 e. The number of carbonyl (C=O) groups is 2. The van der Waals surface area contributed by atoms with Gasteiger partial charge in [0.2, 0.25) is 11.8 Å². The lowest BCUT2D eigenvalue weighted by Crippen LogP contribution is -2.37. The summed E-state index contributed by atoms with van der Waals surface area (Å²) in [5, 5.41) is 9.96. The lowest BCUT2D eigenvalue weighted by Gasteiger charge is -2.28. The Balaban J connectivity index is 1.77. The van der Waals surface area contributed by atoms with Crippen molar-refractivity contribution in [3.05, 3.63) is 24.3 Å². The van der Waals surface area contributed by atoms with E-state index in [0.29, 0.717) is 5.69 Å². The number of benzene rings is 1. The van der Waals surface area contributed by atoms with Crippen LogP contribution in [0.25, 0.3) is 0 Å². The second-order valence-electron chi connectivity index (χ2n) is 6.00. The fourth-order valence-corrected chi connectivity index (χ4v) is 6.11. The topological polar surface area (TPSA) is 57.6 Å². The summed E-state index contributed by atoms with van der Waals surface area (Å²) in [5.74, 6) is -0.475. The van der Waals surface area contributed by atoms with Crippen LogP contribution in [0.4, 0.5) is 5.69 Å². The van der Waals surface area contributed by atoms with Crippen LogP contribution in [0.2, 0.25) is 0 Å². The average molecular weight is 415 g/mol. The Morgan fingerprint density at radius 1 is 1.00 bits per heavy atom. The molecule has 1 aliphatic heterocycles. The predicted octanol–water partition coefficient (Wildman–Crippen LogP) is 2.67. The second kappa shape index (κ2) is 4.56. The van der Waals surface area contributed by atoms with Crippen molar-refractivity contribution in [2.45, 2.75) is 16.1 Å². The van der Waals surface area contributed by atoms with Crippen molar-refractivity contribution in [2.75, 3.05) is 4.90 Å². The lowest BCUT2D eigenvalue weighted by molar-refractivity contribution is -0.123. The Kier molecular flexibility index (Phi) is 2.99. The number of para-hydroxylation sites is 2. The first-order valence-corrected chi connectivity index (χ1v) is 8.79. The fraction of sp³-hybridized carbons (Fsp3) is 0.467. The van der Waals surface area contributed by atoms with Gasteiger partial charge in [0.25, 0.3) is 0 Å². The number of fused-ring (bicyclic) bond motifs is 5. The molecule has 1 N–H and O–H groups in total. The normalized spacial score (nSPS) is 41.0. The maximum atomic E-state index is 12.7. The van der Waals surface area contributed by atoms with Crippen molar-refractivity contribution in [3.63, 3.8) is 0 Å². The molecule has 0 spiro atoms. The number of anilines is 1. The molecule has 0 aromatic heterocycles. The molecule has 1 aromatic carbocycles. The number of carbonyl (C=O) groups excluding carboxylic acids is 2. The van der Waals surface area contributed by atoms with Gasteiger partial charge in [0.1, 0.15) is 5.75 Å². The summed E-state index contributed by atoms with van der Waals surface area (Å²) in [4.78, 5) is 27.1. The highest BCUT2D eigenvalue weighted by atomic mass is 79.9. The average Bonchev–Trinajstić information content (AvgIpc) is 3.06. The van der Waals surface area contributed by atoms with Crippen LogP contribution in [0.1, 0.15) is 6.42 Å². The van der Waals surface area contributed by atoms with Gasteiger partial charge in [-0.05, 0) is 30.4 Å². The Bertz CT molecular complexity index is 618. The van der Waals surface area contributed by atoms with Crippen LogP contribution >= 0.6 is 31.9 Å². The van der Waals surface area contributed by atoms with E-state index in [1.807, 2.05) is 0 Å². The molecule has 1 aromatic rings. The molecule has 0 radical (unpaired) electrons. The molecule has 1 saturated heterocycles. The highest BCUT2D eigenvalue weighted by molar-refractivity contribution is 9.12. The maximum absolute atomic E-state index is 12.7. The number of imide groups is 1. The molecule has 6 heteroatoms. The first-order chi connectivity index (χ1) is 10.0. The van der Waals surface area contributed by atoms with Gasteiger partial charge in [-0.2, -0.15) is 0 Å². The van der Waals surface area contributed by atoms with Crippen molar-refractivity contribution in [3.8, 4) is 5.75 Å². The molecular formula is C15H13Br2NO3. The first-order valence-electron chi connectivity index (χ1n) is 6.96. The highest BCUT2D eigenvalue weighted by Crippen LogP contribution is 2.60. The molecule has 4 rings (SSSR count). The molecular weight excluding hydrogens is 402 g/mol. The molecule has 4 nitrogen and oxygen atoms in total. The number of aromatic hydroxyl groups is 1. The second-order valence-corrected chi connectivity index (χ2v) is 8.12. The van der Waals surface area contributed by atoms with E-state index in [0.717, 1.165) is 6.42 Å². The van der Waals surface area contributed by atoms with Crippen LogP contribution in [0, 0.1) is 23.7 Å². The van der Waals surface area contributed by atoms with Crippen LogP contribution in [0.3, 0.4) is 0 Å². The standard InChI is InChI=1S/C15H13Br2NO3/c16-12-6-5-7(13(12)17)11-10(6)14(20)18(15(11)21)8-3-1-2-4-9(8)19/h1-4,6-7,10-13,19H,5H2/t6-,7+,10+,11-,12-,13+. The van der Waals surface area contributed by atoms with E-state index in [-0.39, 0.29) is 50.9 Å². The van der Waals surface area contributed by atoms with Crippen molar-refractivity contribution in [1.82, 2.24) is 0 Å². The van der Waals surface area contributed by atoms with E-state index in [1.54, 1.807) is 18.2 Å². The van der Waals surface area contributed by atoms with Crippen LogP contribution in [0.15, 0.2) is 24.3 Å². The number of hydrogen-bond donors (Lipinski definition) is 1. The number of amides is 2. The number of phenolic OH excluding ortho intramolecular Hbond substituents is 1. The third-order valence-corrected chi connectivity index (χ3v) is 8.32. The minimum atomic E-state index is -0.250. The highest BCUT2D eigenvalue weighted by Gasteiger charge is 2.66. The number of halogens is 2. The largest absolute Gasteiger partial charge is 0.506 e. The van der Waals surface area contributed by atoms with Crippen LogP contribution in [0.5, 0.6) is 5.75 Å². The van der Waals surface area contributed by atoms with Crippen LogP contribution in [-0.4, -0.2) is 26.6 Å². The molecule has 2 saturated carbocycles.